The van der Waals surface area contributed by atoms with Gasteiger partial charge < -0.3 is 0 Å². The lowest BCUT2D eigenvalue weighted by Crippen LogP contribution is -2.31. The fraction of sp³-hybridized carbons (Fsp3) is 0.222. The van der Waals surface area contributed by atoms with Gasteiger partial charge in [-0.15, -0.1) is 17.7 Å². The van der Waals surface area contributed by atoms with Crippen LogP contribution in [0.15, 0.2) is 65.1 Å². The summed E-state index contributed by atoms with van der Waals surface area (Å²) < 4.78 is 0. The smallest absolute Gasteiger partial charge is 0.266 e. The molecule has 0 unspecified atom stereocenters. The zero-order valence-corrected chi connectivity index (χ0v) is 14.5. The quantitative estimate of drug-likeness (QED) is 0.658. The van der Waals surface area contributed by atoms with Gasteiger partial charge in [0.15, 0.2) is 0 Å². The van der Waals surface area contributed by atoms with Crippen molar-refractivity contribution in [2.45, 2.75) is 32.3 Å². The number of allylic oxidation sites excluding steroid dienone is 1. The molecular formula is C18H21NO3S. The largest absolute Gasteiger partial charge is 0.285 e. The van der Waals surface area contributed by atoms with Crippen LogP contribution in [0, 0.1) is 0 Å². The topological polar surface area (TPSA) is 46.6 Å². The van der Waals surface area contributed by atoms with Crippen LogP contribution in [0.3, 0.4) is 0 Å². The molecule has 0 saturated carbocycles. The number of benzene rings is 1. The van der Waals surface area contributed by atoms with Crippen LogP contribution in [0.4, 0.5) is 0 Å². The minimum absolute atomic E-state index is 0.124. The van der Waals surface area contributed by atoms with Crippen molar-refractivity contribution >= 4 is 24.4 Å². The van der Waals surface area contributed by atoms with Gasteiger partial charge in [-0.25, -0.2) is 0 Å². The first-order chi connectivity index (χ1) is 11.1. The van der Waals surface area contributed by atoms with Crippen molar-refractivity contribution in [1.29, 1.82) is 0 Å². The van der Waals surface area contributed by atoms with E-state index in [1.807, 2.05) is 38.1 Å². The lowest BCUT2D eigenvalue weighted by atomic mass is 10.1. The molecule has 5 heteroatoms. The van der Waals surface area contributed by atoms with Crippen molar-refractivity contribution in [2.75, 3.05) is 0 Å². The molecule has 1 aliphatic rings. The van der Waals surface area contributed by atoms with Crippen molar-refractivity contribution in [1.82, 2.24) is 5.06 Å². The zero-order chi connectivity index (χ0) is 17.4. The van der Waals surface area contributed by atoms with E-state index in [0.29, 0.717) is 5.57 Å². The monoisotopic (exact) mass is 331 g/mol. The van der Waals surface area contributed by atoms with Gasteiger partial charge in [-0.3, -0.25) is 14.4 Å². The van der Waals surface area contributed by atoms with Gasteiger partial charge in [0.1, 0.15) is 6.61 Å². The third-order valence-electron chi connectivity index (χ3n) is 2.95. The summed E-state index contributed by atoms with van der Waals surface area (Å²) in [5.41, 5.74) is 1.39. The average molecular weight is 331 g/mol. The SMILES string of the molecule is C=CC1=C(/C=C\C)C(=O)N(OCc2ccc(S)cc2)C1=O.CC. The predicted octanol–water partition coefficient (Wildman–Crippen LogP) is 3.86. The fourth-order valence-corrected chi connectivity index (χ4v) is 2.06. The Morgan fingerprint density at radius 3 is 2.22 bits per heavy atom. The van der Waals surface area contributed by atoms with E-state index in [2.05, 4.69) is 19.2 Å². The van der Waals surface area contributed by atoms with E-state index < -0.39 is 11.8 Å². The van der Waals surface area contributed by atoms with Crippen LogP contribution < -0.4 is 0 Å². The van der Waals surface area contributed by atoms with Crippen molar-refractivity contribution < 1.29 is 14.4 Å². The van der Waals surface area contributed by atoms with Crippen LogP contribution in [0.25, 0.3) is 0 Å². The van der Waals surface area contributed by atoms with Crippen LogP contribution in [0.1, 0.15) is 26.3 Å². The predicted molar refractivity (Wildman–Crippen MR) is 93.7 cm³/mol. The number of hydrogen-bond acceptors (Lipinski definition) is 4. The number of carbonyl (C=O) groups is 2. The van der Waals surface area contributed by atoms with Crippen molar-refractivity contribution in [3.05, 3.63) is 65.8 Å². The molecule has 4 nitrogen and oxygen atoms in total. The Bertz CT molecular complexity index is 645. The Hall–Kier alpha value is -2.11. The highest BCUT2D eigenvalue weighted by atomic mass is 32.1. The molecule has 2 rings (SSSR count). The van der Waals surface area contributed by atoms with E-state index >= 15 is 0 Å². The molecule has 0 atom stereocenters. The summed E-state index contributed by atoms with van der Waals surface area (Å²) in [6, 6.07) is 7.27. The van der Waals surface area contributed by atoms with Gasteiger partial charge in [0.25, 0.3) is 11.8 Å². The highest BCUT2D eigenvalue weighted by Gasteiger charge is 2.36. The Labute approximate surface area is 142 Å². The molecule has 0 bridgehead atoms. The summed E-state index contributed by atoms with van der Waals surface area (Å²) in [4.78, 5) is 30.5. The summed E-state index contributed by atoms with van der Waals surface area (Å²) >= 11 is 4.19. The summed E-state index contributed by atoms with van der Waals surface area (Å²) in [5, 5.41) is 0.779. The van der Waals surface area contributed by atoms with Gasteiger partial charge in [0.2, 0.25) is 0 Å². The number of hydroxylamine groups is 2. The highest BCUT2D eigenvalue weighted by Crippen LogP contribution is 2.23. The Morgan fingerprint density at radius 1 is 1.13 bits per heavy atom. The standard InChI is InChI=1S/C16H15NO3S.C2H6/c1-3-5-14-13(4-2)15(18)17(16(14)19)20-10-11-6-8-12(21)9-7-11;1-2/h3-9,21H,2,10H2,1H3;1-2H3/b5-3-;. The second kappa shape index (κ2) is 9.12. The van der Waals surface area contributed by atoms with Gasteiger partial charge in [-0.1, -0.05) is 50.8 Å². The first-order valence-electron chi connectivity index (χ1n) is 7.37. The van der Waals surface area contributed by atoms with E-state index in [1.165, 1.54) is 6.08 Å². The molecule has 0 aliphatic carbocycles. The maximum atomic E-state index is 12.2. The van der Waals surface area contributed by atoms with Crippen LogP contribution in [0.5, 0.6) is 0 Å². The van der Waals surface area contributed by atoms with Gasteiger partial charge in [-0.2, -0.15) is 0 Å². The highest BCUT2D eigenvalue weighted by molar-refractivity contribution is 7.80. The maximum absolute atomic E-state index is 12.2. The third-order valence-corrected chi connectivity index (χ3v) is 3.25. The first kappa shape index (κ1) is 18.9. The van der Waals surface area contributed by atoms with E-state index in [1.54, 1.807) is 19.1 Å². The van der Waals surface area contributed by atoms with Gasteiger partial charge in [0.05, 0.1) is 11.1 Å². The molecule has 0 fully saturated rings. The molecule has 0 aromatic heterocycles. The summed E-state index contributed by atoms with van der Waals surface area (Å²) in [6.45, 7) is 9.46. The summed E-state index contributed by atoms with van der Waals surface area (Å²) in [7, 11) is 0. The Kier molecular flexibility index (Phi) is 7.51. The molecule has 1 aromatic rings. The molecule has 1 aliphatic heterocycles. The minimum atomic E-state index is -0.492. The van der Waals surface area contributed by atoms with Crippen molar-refractivity contribution in [3.63, 3.8) is 0 Å². The second-order valence-corrected chi connectivity index (χ2v) is 4.89. The normalized spacial score (nSPS) is 14.3. The Morgan fingerprint density at radius 2 is 1.70 bits per heavy atom. The number of imide groups is 1. The molecule has 1 aromatic carbocycles. The van der Waals surface area contributed by atoms with E-state index in [-0.39, 0.29) is 12.2 Å². The van der Waals surface area contributed by atoms with Crippen LogP contribution in [0.2, 0.25) is 0 Å². The number of nitrogens with zero attached hydrogens (tertiary/aromatic N) is 1. The fourth-order valence-electron chi connectivity index (χ4n) is 1.91. The second-order valence-electron chi connectivity index (χ2n) is 4.38. The maximum Gasteiger partial charge on any atom is 0.285 e. The lowest BCUT2D eigenvalue weighted by Gasteiger charge is -2.14. The molecular weight excluding hydrogens is 310 g/mol. The summed E-state index contributed by atoms with van der Waals surface area (Å²) in [6.07, 6.45) is 4.64. The van der Waals surface area contributed by atoms with Crippen LogP contribution in [-0.4, -0.2) is 16.9 Å². The van der Waals surface area contributed by atoms with Gasteiger partial charge in [-0.05, 0) is 24.6 Å². The molecule has 2 amide bonds. The first-order valence-corrected chi connectivity index (χ1v) is 7.82. The van der Waals surface area contributed by atoms with E-state index in [9.17, 15) is 9.59 Å². The number of carbonyl (C=O) groups excluding carboxylic acids is 2. The van der Waals surface area contributed by atoms with Gasteiger partial charge in [0, 0.05) is 4.90 Å². The molecule has 0 radical (unpaired) electrons. The Balaban J connectivity index is 0.00000127. The van der Waals surface area contributed by atoms with Crippen LogP contribution in [-0.2, 0) is 21.0 Å². The molecule has 122 valence electrons. The van der Waals surface area contributed by atoms with Crippen molar-refractivity contribution in [2.24, 2.45) is 0 Å². The number of hydrogen-bond donors (Lipinski definition) is 1. The third kappa shape index (κ3) is 4.43. The number of thiol groups is 1. The molecule has 23 heavy (non-hydrogen) atoms. The minimum Gasteiger partial charge on any atom is -0.266 e. The molecule has 0 spiro atoms. The summed E-state index contributed by atoms with van der Waals surface area (Å²) in [5.74, 6) is -0.965. The average Bonchev–Trinajstić information content (AvgIpc) is 2.80. The zero-order valence-electron chi connectivity index (χ0n) is 13.6. The molecule has 0 saturated heterocycles. The molecule has 1 heterocycles. The van der Waals surface area contributed by atoms with E-state index in [4.69, 9.17) is 4.84 Å². The van der Waals surface area contributed by atoms with Crippen molar-refractivity contribution in [3.8, 4) is 0 Å². The van der Waals surface area contributed by atoms with E-state index in [0.717, 1.165) is 15.5 Å². The molecule has 0 N–H and O–H groups in total. The number of rotatable bonds is 5. The lowest BCUT2D eigenvalue weighted by molar-refractivity contribution is -0.189. The number of amides is 2. The van der Waals surface area contributed by atoms with Gasteiger partial charge >= 0.3 is 0 Å². The van der Waals surface area contributed by atoms with Crippen LogP contribution >= 0.6 is 12.6 Å².